The fraction of sp³-hybridized carbons (Fsp3) is 0.125. The Morgan fingerprint density at radius 2 is 1.84 bits per heavy atom. The Morgan fingerprint density at radius 1 is 1.16 bits per heavy atom. The van der Waals surface area contributed by atoms with Gasteiger partial charge in [-0.15, -0.1) is 0 Å². The molecule has 19 heavy (non-hydrogen) atoms. The van der Waals surface area contributed by atoms with Crippen LogP contribution in [0.25, 0.3) is 6.20 Å². The van der Waals surface area contributed by atoms with Crippen molar-refractivity contribution < 1.29 is 9.36 Å². The number of allylic oxidation sites excluding steroid dienone is 1. The highest BCUT2D eigenvalue weighted by molar-refractivity contribution is 6.06. The summed E-state index contributed by atoms with van der Waals surface area (Å²) in [7, 11) is 0. The molecule has 0 aliphatic carbocycles. The number of hydrogen-bond donors (Lipinski definition) is 1. The topological polar surface area (TPSA) is 47.0 Å². The van der Waals surface area contributed by atoms with E-state index in [0.717, 1.165) is 16.7 Å². The van der Waals surface area contributed by atoms with Crippen LogP contribution in [-0.2, 0) is 0 Å². The minimum absolute atomic E-state index is 0.00169. The second-order valence-corrected chi connectivity index (χ2v) is 4.58. The minimum Gasteiger partial charge on any atom is -0.398 e. The number of hydrogen-bond acceptors (Lipinski definition) is 2. The van der Waals surface area contributed by atoms with E-state index in [1.54, 1.807) is 41.4 Å². The highest BCUT2D eigenvalue weighted by Crippen LogP contribution is 2.11. The summed E-state index contributed by atoms with van der Waals surface area (Å²) >= 11 is 0. The predicted molar refractivity (Wildman–Crippen MR) is 76.6 cm³/mol. The fourth-order valence-corrected chi connectivity index (χ4v) is 1.88. The second-order valence-electron chi connectivity index (χ2n) is 4.58. The summed E-state index contributed by atoms with van der Waals surface area (Å²) < 4.78 is 1.79. The summed E-state index contributed by atoms with van der Waals surface area (Å²) in [6, 6.07) is 9.39. The van der Waals surface area contributed by atoms with Gasteiger partial charge < -0.3 is 5.73 Å². The Morgan fingerprint density at radius 3 is 2.47 bits per heavy atom. The van der Waals surface area contributed by atoms with Crippen molar-refractivity contribution in [2.24, 2.45) is 0 Å². The number of ketones is 1. The molecule has 1 heterocycles. The number of nitrogens with two attached hydrogens (primary N) is 1. The van der Waals surface area contributed by atoms with Crippen molar-refractivity contribution in [1.29, 1.82) is 0 Å². The van der Waals surface area contributed by atoms with Gasteiger partial charge in [0.05, 0.1) is 6.08 Å². The van der Waals surface area contributed by atoms with E-state index in [4.69, 9.17) is 5.73 Å². The maximum atomic E-state index is 12.1. The first-order valence-electron chi connectivity index (χ1n) is 6.12. The number of rotatable bonds is 3. The van der Waals surface area contributed by atoms with Crippen LogP contribution in [0.5, 0.6) is 0 Å². The molecule has 0 spiro atoms. The zero-order valence-electron chi connectivity index (χ0n) is 11.1. The van der Waals surface area contributed by atoms with Crippen molar-refractivity contribution in [2.75, 3.05) is 5.73 Å². The first-order valence-corrected chi connectivity index (χ1v) is 6.12. The van der Waals surface area contributed by atoms with Crippen LogP contribution in [0.15, 0.2) is 48.8 Å². The number of aryl methyl sites for hydroxylation is 2. The number of aromatic nitrogens is 1. The van der Waals surface area contributed by atoms with Crippen LogP contribution in [0.4, 0.5) is 5.69 Å². The van der Waals surface area contributed by atoms with Crippen LogP contribution in [0.1, 0.15) is 21.5 Å². The van der Waals surface area contributed by atoms with E-state index in [1.807, 2.05) is 32.0 Å². The van der Waals surface area contributed by atoms with Crippen LogP contribution in [0.3, 0.4) is 0 Å². The van der Waals surface area contributed by atoms with Crippen LogP contribution >= 0.6 is 0 Å². The molecule has 0 saturated carbocycles. The SMILES string of the molecule is Cc1ccc(C(=O)C=C[n+]2ccc(N)cc2)c(C)c1. The van der Waals surface area contributed by atoms with E-state index in [-0.39, 0.29) is 5.78 Å². The normalized spacial score (nSPS) is 10.8. The first kappa shape index (κ1) is 13.0. The van der Waals surface area contributed by atoms with Gasteiger partial charge in [0.2, 0.25) is 0 Å². The van der Waals surface area contributed by atoms with Crippen molar-refractivity contribution >= 4 is 17.7 Å². The van der Waals surface area contributed by atoms with Crippen LogP contribution in [0.2, 0.25) is 0 Å². The zero-order chi connectivity index (χ0) is 13.8. The van der Waals surface area contributed by atoms with Gasteiger partial charge in [0.1, 0.15) is 0 Å². The Balaban J connectivity index is 2.18. The maximum Gasteiger partial charge on any atom is 0.192 e. The fourth-order valence-electron chi connectivity index (χ4n) is 1.88. The molecule has 0 saturated heterocycles. The molecule has 3 nitrogen and oxygen atoms in total. The third kappa shape index (κ3) is 3.28. The van der Waals surface area contributed by atoms with E-state index in [0.29, 0.717) is 5.69 Å². The lowest BCUT2D eigenvalue weighted by atomic mass is 10.0. The highest BCUT2D eigenvalue weighted by atomic mass is 16.1. The van der Waals surface area contributed by atoms with Gasteiger partial charge in [-0.25, -0.2) is 0 Å². The molecule has 2 N–H and O–H groups in total. The van der Waals surface area contributed by atoms with E-state index < -0.39 is 0 Å². The molecule has 2 rings (SSSR count). The molecule has 0 fully saturated rings. The van der Waals surface area contributed by atoms with Crippen molar-refractivity contribution in [2.45, 2.75) is 13.8 Å². The standard InChI is InChI=1S/C16H16N2O/c1-12-3-4-15(13(2)11-12)16(19)7-10-18-8-5-14(17)6-9-18/h3-11,17H,1-2H3/p+1. The first-order chi connectivity index (χ1) is 9.06. The van der Waals surface area contributed by atoms with Crippen molar-refractivity contribution in [1.82, 2.24) is 0 Å². The van der Waals surface area contributed by atoms with E-state index in [2.05, 4.69) is 0 Å². The molecular weight excluding hydrogens is 236 g/mol. The lowest BCUT2D eigenvalue weighted by Crippen LogP contribution is -2.24. The molecule has 0 unspecified atom stereocenters. The monoisotopic (exact) mass is 253 g/mol. The Bertz CT molecular complexity index is 628. The quantitative estimate of drug-likeness (QED) is 0.519. The Hall–Kier alpha value is -2.42. The van der Waals surface area contributed by atoms with Gasteiger partial charge in [-0.05, 0) is 19.4 Å². The van der Waals surface area contributed by atoms with E-state index >= 15 is 0 Å². The molecule has 0 atom stereocenters. The van der Waals surface area contributed by atoms with Gasteiger partial charge in [-0.2, -0.15) is 4.57 Å². The van der Waals surface area contributed by atoms with Crippen molar-refractivity contribution in [3.8, 4) is 0 Å². The number of carbonyl (C=O) groups excluding carboxylic acids is 1. The lowest BCUT2D eigenvalue weighted by Gasteiger charge is -2.02. The summed E-state index contributed by atoms with van der Waals surface area (Å²) in [5.41, 5.74) is 9.19. The van der Waals surface area contributed by atoms with Crippen molar-refractivity contribution in [3.63, 3.8) is 0 Å². The summed E-state index contributed by atoms with van der Waals surface area (Å²) in [5, 5.41) is 0. The maximum absolute atomic E-state index is 12.1. The van der Waals surface area contributed by atoms with Gasteiger partial charge in [0.15, 0.2) is 24.4 Å². The second kappa shape index (κ2) is 5.48. The highest BCUT2D eigenvalue weighted by Gasteiger charge is 2.06. The lowest BCUT2D eigenvalue weighted by molar-refractivity contribution is -0.568. The Labute approximate surface area is 113 Å². The number of nitrogen functional groups attached to an aromatic ring is 1. The van der Waals surface area contributed by atoms with E-state index in [9.17, 15) is 4.79 Å². The number of benzene rings is 1. The molecule has 0 radical (unpaired) electrons. The van der Waals surface area contributed by atoms with Gasteiger partial charge in [-0.1, -0.05) is 23.8 Å². The summed E-state index contributed by atoms with van der Waals surface area (Å²) in [6.07, 6.45) is 6.90. The minimum atomic E-state index is 0.00169. The molecule has 2 aromatic rings. The van der Waals surface area contributed by atoms with Crippen LogP contribution in [-0.4, -0.2) is 5.78 Å². The number of nitrogens with zero attached hydrogens (tertiary/aromatic N) is 1. The molecule has 96 valence electrons. The molecule has 1 aromatic heterocycles. The third-order valence-corrected chi connectivity index (χ3v) is 2.92. The molecule has 1 aromatic carbocycles. The predicted octanol–water partition coefficient (Wildman–Crippen LogP) is 2.53. The van der Waals surface area contributed by atoms with Gasteiger partial charge in [0, 0.05) is 23.4 Å². The zero-order valence-corrected chi connectivity index (χ0v) is 11.1. The molecule has 0 bridgehead atoms. The van der Waals surface area contributed by atoms with Crippen LogP contribution in [0, 0.1) is 13.8 Å². The van der Waals surface area contributed by atoms with Gasteiger partial charge in [0.25, 0.3) is 0 Å². The molecular formula is C16H17N2O+. The average molecular weight is 253 g/mol. The summed E-state index contributed by atoms with van der Waals surface area (Å²) in [5.74, 6) is 0.00169. The average Bonchev–Trinajstić information content (AvgIpc) is 2.37. The van der Waals surface area contributed by atoms with Gasteiger partial charge >= 0.3 is 0 Å². The molecule has 3 heteroatoms. The summed E-state index contributed by atoms with van der Waals surface area (Å²) in [4.78, 5) is 12.1. The third-order valence-electron chi connectivity index (χ3n) is 2.92. The largest absolute Gasteiger partial charge is 0.398 e. The summed E-state index contributed by atoms with van der Waals surface area (Å²) in [6.45, 7) is 3.96. The number of carbonyl (C=O) groups is 1. The molecule has 0 amide bonds. The molecule has 0 aliphatic rings. The number of pyridine rings is 1. The van der Waals surface area contributed by atoms with Gasteiger partial charge in [-0.3, -0.25) is 4.79 Å². The number of anilines is 1. The van der Waals surface area contributed by atoms with Crippen molar-refractivity contribution in [3.05, 3.63) is 65.5 Å². The smallest absolute Gasteiger partial charge is 0.192 e. The van der Waals surface area contributed by atoms with E-state index in [1.165, 1.54) is 0 Å². The molecule has 0 aliphatic heterocycles. The Kier molecular flexibility index (Phi) is 3.76. The van der Waals surface area contributed by atoms with Crippen LogP contribution < -0.4 is 10.3 Å².